The van der Waals surface area contributed by atoms with Gasteiger partial charge in [-0.25, -0.2) is 10.4 Å². The van der Waals surface area contributed by atoms with Crippen LogP contribution in [-0.2, 0) is 4.79 Å². The van der Waals surface area contributed by atoms with Crippen LogP contribution in [0.2, 0.25) is 0 Å². The maximum Gasteiger partial charge on any atom is 0.278 e. The van der Waals surface area contributed by atoms with E-state index in [9.17, 15) is 9.90 Å². The highest BCUT2D eigenvalue weighted by molar-refractivity contribution is 7.99. The molecule has 2 rings (SSSR count). The van der Waals surface area contributed by atoms with Gasteiger partial charge in [-0.15, -0.1) is 0 Å². The Labute approximate surface area is 155 Å². The SMILES string of the molecule is CCSc1nc(C)cc(OCC(=O)N/N=C/c2ccc(OC)c(O)c2)n1. The lowest BCUT2D eigenvalue weighted by Crippen LogP contribution is -2.25. The summed E-state index contributed by atoms with van der Waals surface area (Å²) in [5, 5.41) is 14.1. The predicted octanol–water partition coefficient (Wildman–Crippen LogP) is 2.14. The van der Waals surface area contributed by atoms with E-state index in [4.69, 9.17) is 9.47 Å². The van der Waals surface area contributed by atoms with Gasteiger partial charge in [0.05, 0.1) is 13.3 Å². The van der Waals surface area contributed by atoms with E-state index in [2.05, 4.69) is 20.5 Å². The Morgan fingerprint density at radius 3 is 2.88 bits per heavy atom. The van der Waals surface area contributed by atoms with Crippen LogP contribution >= 0.6 is 11.8 Å². The standard InChI is InChI=1S/C17H20N4O4S/c1-4-26-17-19-11(2)7-16(20-17)25-10-15(23)21-18-9-12-5-6-14(24-3)13(22)8-12/h5-9,22H,4,10H2,1-3H3,(H,21,23)/b18-9+. The molecule has 0 aliphatic rings. The molecule has 0 saturated carbocycles. The molecule has 26 heavy (non-hydrogen) atoms. The van der Waals surface area contributed by atoms with Gasteiger partial charge in [-0.3, -0.25) is 4.79 Å². The summed E-state index contributed by atoms with van der Waals surface area (Å²) in [4.78, 5) is 20.3. The molecule has 138 valence electrons. The summed E-state index contributed by atoms with van der Waals surface area (Å²) in [5.74, 6) is 1.11. The number of carbonyl (C=O) groups is 1. The van der Waals surface area contributed by atoms with Gasteiger partial charge in [0, 0.05) is 11.8 Å². The van der Waals surface area contributed by atoms with Crippen molar-refractivity contribution in [3.63, 3.8) is 0 Å². The predicted molar refractivity (Wildman–Crippen MR) is 99.1 cm³/mol. The Bertz CT molecular complexity index is 798. The van der Waals surface area contributed by atoms with Crippen molar-refractivity contribution in [2.45, 2.75) is 19.0 Å². The number of rotatable bonds is 8. The van der Waals surface area contributed by atoms with E-state index in [1.165, 1.54) is 31.2 Å². The number of hydrogen-bond acceptors (Lipinski definition) is 8. The van der Waals surface area contributed by atoms with Gasteiger partial charge in [0.15, 0.2) is 23.3 Å². The van der Waals surface area contributed by atoms with E-state index in [1.54, 1.807) is 18.2 Å². The number of methoxy groups -OCH3 is 1. The molecule has 0 fully saturated rings. The van der Waals surface area contributed by atoms with Gasteiger partial charge in [-0.2, -0.15) is 10.1 Å². The van der Waals surface area contributed by atoms with Gasteiger partial charge in [-0.05, 0) is 36.4 Å². The van der Waals surface area contributed by atoms with Gasteiger partial charge in [-0.1, -0.05) is 18.7 Å². The summed E-state index contributed by atoms with van der Waals surface area (Å²) in [6.45, 7) is 3.62. The Balaban J connectivity index is 1.86. The lowest BCUT2D eigenvalue weighted by atomic mass is 10.2. The molecule has 0 saturated heterocycles. The van der Waals surface area contributed by atoms with Crippen LogP contribution in [0.5, 0.6) is 17.4 Å². The monoisotopic (exact) mass is 376 g/mol. The largest absolute Gasteiger partial charge is 0.504 e. The van der Waals surface area contributed by atoms with Crippen LogP contribution in [0.25, 0.3) is 0 Å². The Morgan fingerprint density at radius 1 is 1.38 bits per heavy atom. The summed E-state index contributed by atoms with van der Waals surface area (Å²) in [6, 6.07) is 6.43. The number of thioether (sulfide) groups is 1. The highest BCUT2D eigenvalue weighted by Gasteiger charge is 2.06. The first-order valence-corrected chi connectivity index (χ1v) is 8.80. The lowest BCUT2D eigenvalue weighted by Gasteiger charge is -2.06. The van der Waals surface area contributed by atoms with E-state index in [1.807, 2.05) is 13.8 Å². The van der Waals surface area contributed by atoms with Gasteiger partial charge in [0.25, 0.3) is 5.91 Å². The molecule has 0 unspecified atom stereocenters. The molecule has 2 N–H and O–H groups in total. The maximum atomic E-state index is 11.8. The summed E-state index contributed by atoms with van der Waals surface area (Å²) < 4.78 is 10.3. The second kappa shape index (κ2) is 9.62. The van der Waals surface area contributed by atoms with Crippen molar-refractivity contribution in [2.24, 2.45) is 5.10 Å². The molecular formula is C17H20N4O4S. The molecular weight excluding hydrogens is 356 g/mol. The average molecular weight is 376 g/mol. The third-order valence-corrected chi connectivity index (χ3v) is 3.77. The van der Waals surface area contributed by atoms with Crippen LogP contribution in [-0.4, -0.2) is 46.7 Å². The minimum atomic E-state index is -0.431. The van der Waals surface area contributed by atoms with E-state index < -0.39 is 5.91 Å². The molecule has 0 radical (unpaired) electrons. The number of benzene rings is 1. The molecule has 0 atom stereocenters. The van der Waals surface area contributed by atoms with Gasteiger partial charge in [0.2, 0.25) is 5.88 Å². The number of nitrogens with zero attached hydrogens (tertiary/aromatic N) is 3. The topological polar surface area (TPSA) is 106 Å². The maximum absolute atomic E-state index is 11.8. The van der Waals surface area contributed by atoms with Crippen LogP contribution in [0.15, 0.2) is 34.5 Å². The molecule has 1 amide bonds. The lowest BCUT2D eigenvalue weighted by molar-refractivity contribution is -0.123. The Morgan fingerprint density at radius 2 is 2.19 bits per heavy atom. The molecule has 0 bridgehead atoms. The molecule has 1 aromatic carbocycles. The molecule has 2 aromatic rings. The smallest absolute Gasteiger partial charge is 0.278 e. The first-order valence-electron chi connectivity index (χ1n) is 7.82. The van der Waals surface area contributed by atoms with Crippen molar-refractivity contribution in [2.75, 3.05) is 19.5 Å². The zero-order valence-electron chi connectivity index (χ0n) is 14.7. The van der Waals surface area contributed by atoms with E-state index in [0.717, 1.165) is 11.4 Å². The average Bonchev–Trinajstić information content (AvgIpc) is 2.60. The number of hydrazone groups is 1. The number of hydrogen-bond donors (Lipinski definition) is 2. The molecule has 0 aliphatic heterocycles. The fraction of sp³-hybridized carbons (Fsp3) is 0.294. The highest BCUT2D eigenvalue weighted by atomic mass is 32.2. The third kappa shape index (κ3) is 5.92. The zero-order chi connectivity index (χ0) is 18.9. The van der Waals surface area contributed by atoms with E-state index in [-0.39, 0.29) is 12.4 Å². The van der Waals surface area contributed by atoms with E-state index >= 15 is 0 Å². The summed E-state index contributed by atoms with van der Waals surface area (Å²) in [6.07, 6.45) is 1.40. The molecule has 1 aromatic heterocycles. The Hall–Kier alpha value is -2.81. The number of carbonyl (C=O) groups excluding carboxylic acids is 1. The molecule has 0 spiro atoms. The molecule has 9 heteroatoms. The molecule has 8 nitrogen and oxygen atoms in total. The van der Waals surface area contributed by atoms with Crippen molar-refractivity contribution in [1.29, 1.82) is 0 Å². The molecule has 1 heterocycles. The minimum absolute atomic E-state index is 0.00834. The second-order valence-electron chi connectivity index (χ2n) is 5.08. The van der Waals surface area contributed by atoms with Crippen LogP contribution in [0.3, 0.4) is 0 Å². The number of phenolic OH excluding ortho intramolecular Hbond substituents is 1. The first kappa shape index (κ1) is 19.5. The number of aromatic nitrogens is 2. The normalized spacial score (nSPS) is 10.7. The van der Waals surface area contributed by atoms with Crippen molar-refractivity contribution < 1.29 is 19.4 Å². The van der Waals surface area contributed by atoms with Crippen molar-refractivity contribution in [3.8, 4) is 17.4 Å². The third-order valence-electron chi connectivity index (χ3n) is 3.04. The highest BCUT2D eigenvalue weighted by Crippen LogP contribution is 2.25. The molecule has 0 aliphatic carbocycles. The Kier molecular flexibility index (Phi) is 7.22. The summed E-state index contributed by atoms with van der Waals surface area (Å²) in [5.41, 5.74) is 3.72. The van der Waals surface area contributed by atoms with Crippen molar-refractivity contribution in [3.05, 3.63) is 35.5 Å². The summed E-state index contributed by atoms with van der Waals surface area (Å²) in [7, 11) is 1.46. The van der Waals surface area contributed by atoms with Gasteiger partial charge in [0.1, 0.15) is 0 Å². The van der Waals surface area contributed by atoms with Gasteiger partial charge >= 0.3 is 0 Å². The van der Waals surface area contributed by atoms with Crippen molar-refractivity contribution >= 4 is 23.9 Å². The van der Waals surface area contributed by atoms with Crippen LogP contribution in [0.1, 0.15) is 18.2 Å². The van der Waals surface area contributed by atoms with Crippen LogP contribution in [0.4, 0.5) is 0 Å². The number of aryl methyl sites for hydroxylation is 1. The number of amides is 1. The van der Waals surface area contributed by atoms with E-state index in [0.29, 0.717) is 22.3 Å². The minimum Gasteiger partial charge on any atom is -0.504 e. The van der Waals surface area contributed by atoms with Crippen LogP contribution < -0.4 is 14.9 Å². The summed E-state index contributed by atoms with van der Waals surface area (Å²) >= 11 is 1.50. The number of phenols is 1. The second-order valence-corrected chi connectivity index (χ2v) is 6.31. The fourth-order valence-corrected chi connectivity index (χ4v) is 2.54. The number of ether oxygens (including phenoxy) is 2. The number of aromatic hydroxyl groups is 1. The quantitative estimate of drug-likeness (QED) is 0.315. The zero-order valence-corrected chi connectivity index (χ0v) is 15.5. The first-order chi connectivity index (χ1) is 12.5. The van der Waals surface area contributed by atoms with Gasteiger partial charge < -0.3 is 14.6 Å². The van der Waals surface area contributed by atoms with Crippen LogP contribution in [0, 0.1) is 6.92 Å². The number of nitrogens with one attached hydrogen (secondary N) is 1. The fourth-order valence-electron chi connectivity index (χ4n) is 1.92. The van der Waals surface area contributed by atoms with Crippen molar-refractivity contribution in [1.82, 2.24) is 15.4 Å².